The molecule has 2 fully saturated rings. The number of nitrogens with two attached hydrogens (primary N) is 2. The van der Waals surface area contributed by atoms with Crippen molar-refractivity contribution in [2.24, 2.45) is 22.8 Å². The van der Waals surface area contributed by atoms with Gasteiger partial charge in [-0.25, -0.2) is 0 Å². The molecule has 2 aromatic rings. The highest BCUT2D eigenvalue weighted by Crippen LogP contribution is 2.52. The van der Waals surface area contributed by atoms with Gasteiger partial charge in [0.2, 0.25) is 11.8 Å². The first-order chi connectivity index (χ1) is 13.5. The van der Waals surface area contributed by atoms with Crippen LogP contribution in [0.2, 0.25) is 0 Å². The minimum Gasteiger partial charge on any atom is -0.369 e. The van der Waals surface area contributed by atoms with Gasteiger partial charge < -0.3 is 11.5 Å². The van der Waals surface area contributed by atoms with E-state index in [9.17, 15) is 9.59 Å². The topological polar surface area (TPSA) is 86.2 Å². The Hall–Kier alpha value is -2.36. The molecule has 28 heavy (non-hydrogen) atoms. The second-order valence-electron chi connectivity index (χ2n) is 8.83. The lowest BCUT2D eigenvalue weighted by atomic mass is 9.56. The van der Waals surface area contributed by atoms with Crippen LogP contribution >= 0.6 is 0 Å². The number of primary amides is 2. The molecule has 0 radical (unpaired) electrons. The maximum absolute atomic E-state index is 12.7. The van der Waals surface area contributed by atoms with Gasteiger partial charge >= 0.3 is 0 Å². The average molecular weight is 379 g/mol. The molecule has 0 atom stereocenters. The van der Waals surface area contributed by atoms with Gasteiger partial charge in [0, 0.05) is 0 Å². The van der Waals surface area contributed by atoms with Gasteiger partial charge in [-0.05, 0) is 60.8 Å². The fourth-order valence-electron chi connectivity index (χ4n) is 5.99. The molecular weight excluding hydrogens is 348 g/mol. The molecule has 2 aromatic carbocycles. The summed E-state index contributed by atoms with van der Waals surface area (Å²) in [5, 5.41) is 2.23. The first-order valence-corrected chi connectivity index (χ1v) is 10.6. The highest BCUT2D eigenvalue weighted by Gasteiger charge is 2.50. The third-order valence-electron chi connectivity index (χ3n) is 7.63. The lowest BCUT2D eigenvalue weighted by Gasteiger charge is -2.47. The molecule has 2 aliphatic rings. The van der Waals surface area contributed by atoms with Crippen LogP contribution in [0.1, 0.15) is 63.4 Å². The minimum absolute atomic E-state index is 0.145. The van der Waals surface area contributed by atoms with Crippen molar-refractivity contribution < 1.29 is 9.59 Å². The number of benzene rings is 2. The summed E-state index contributed by atoms with van der Waals surface area (Å²) >= 11 is 0. The Kier molecular flexibility index (Phi) is 4.90. The maximum Gasteiger partial charge on any atom is 0.228 e. The molecule has 0 aliphatic heterocycles. The number of amides is 2. The van der Waals surface area contributed by atoms with Crippen molar-refractivity contribution in [1.82, 2.24) is 0 Å². The van der Waals surface area contributed by atoms with Crippen LogP contribution in [0.25, 0.3) is 10.8 Å². The van der Waals surface area contributed by atoms with Gasteiger partial charge in [-0.1, -0.05) is 61.7 Å². The fraction of sp³-hybridized carbons (Fsp3) is 0.500. The summed E-state index contributed by atoms with van der Waals surface area (Å²) in [7, 11) is 0. The van der Waals surface area contributed by atoms with Crippen molar-refractivity contribution in [1.29, 1.82) is 0 Å². The predicted molar refractivity (Wildman–Crippen MR) is 111 cm³/mol. The van der Waals surface area contributed by atoms with E-state index in [1.807, 2.05) is 18.2 Å². The molecule has 0 bridgehead atoms. The molecule has 4 nitrogen and oxygen atoms in total. The van der Waals surface area contributed by atoms with Crippen molar-refractivity contribution in [2.75, 3.05) is 0 Å². The second-order valence-corrected chi connectivity index (χ2v) is 8.83. The quantitative estimate of drug-likeness (QED) is 0.836. The molecule has 2 aliphatic carbocycles. The largest absolute Gasteiger partial charge is 0.369 e. The Balaban J connectivity index is 1.68. The van der Waals surface area contributed by atoms with Crippen molar-refractivity contribution in [3.63, 3.8) is 0 Å². The van der Waals surface area contributed by atoms with Crippen LogP contribution in [0, 0.1) is 11.3 Å². The van der Waals surface area contributed by atoms with E-state index in [0.29, 0.717) is 12.8 Å². The van der Waals surface area contributed by atoms with Crippen LogP contribution in [-0.4, -0.2) is 11.8 Å². The molecule has 0 saturated heterocycles. The molecule has 4 rings (SSSR count). The fourth-order valence-corrected chi connectivity index (χ4v) is 5.99. The predicted octanol–water partition coefficient (Wildman–Crippen LogP) is 4.19. The van der Waals surface area contributed by atoms with Gasteiger partial charge in [0.1, 0.15) is 0 Å². The smallest absolute Gasteiger partial charge is 0.228 e. The van der Waals surface area contributed by atoms with E-state index >= 15 is 0 Å². The van der Waals surface area contributed by atoms with Crippen LogP contribution in [0.15, 0.2) is 42.5 Å². The zero-order valence-electron chi connectivity index (χ0n) is 16.5. The lowest BCUT2D eigenvalue weighted by molar-refractivity contribution is -0.135. The van der Waals surface area contributed by atoms with E-state index in [-0.39, 0.29) is 23.1 Å². The lowest BCUT2D eigenvalue weighted by Crippen LogP contribution is -2.50. The first kappa shape index (κ1) is 19.0. The molecular formula is C24H30N2O2. The third kappa shape index (κ3) is 2.90. The average Bonchev–Trinajstić information content (AvgIpc) is 2.73. The van der Waals surface area contributed by atoms with Crippen LogP contribution in [0.4, 0.5) is 0 Å². The second kappa shape index (κ2) is 7.23. The summed E-state index contributed by atoms with van der Waals surface area (Å²) in [5.41, 5.74) is 11.9. The number of carbonyl (C=O) groups is 2. The summed E-state index contributed by atoms with van der Waals surface area (Å²) in [6, 6.07) is 14.3. The zero-order valence-corrected chi connectivity index (χ0v) is 16.5. The van der Waals surface area contributed by atoms with E-state index in [0.717, 1.165) is 54.9 Å². The third-order valence-corrected chi connectivity index (χ3v) is 7.63. The summed E-state index contributed by atoms with van der Waals surface area (Å²) in [6.07, 6.45) is 8.16. The summed E-state index contributed by atoms with van der Waals surface area (Å²) in [6.45, 7) is 0. The summed E-state index contributed by atoms with van der Waals surface area (Å²) in [4.78, 5) is 25.2. The van der Waals surface area contributed by atoms with Gasteiger partial charge in [-0.3, -0.25) is 9.59 Å². The molecule has 0 unspecified atom stereocenters. The Morgan fingerprint density at radius 3 is 2.07 bits per heavy atom. The van der Waals surface area contributed by atoms with Crippen LogP contribution in [-0.2, 0) is 15.0 Å². The number of fused-ring (bicyclic) bond motifs is 1. The normalized spacial score (nSPS) is 27.4. The standard InChI is InChI=1S/C24H30N2O2/c25-21(27)23(13-4-1-5-14-23)18-11-15-24(16-12-18,22(26)28)20-10-6-8-17-7-2-3-9-19(17)20/h2-3,6-10,18H,1,4-5,11-16H2,(H2,25,27)(H2,26,28). The van der Waals surface area contributed by atoms with E-state index in [4.69, 9.17) is 11.5 Å². The first-order valence-electron chi connectivity index (χ1n) is 10.6. The van der Waals surface area contributed by atoms with Crippen LogP contribution in [0.3, 0.4) is 0 Å². The highest BCUT2D eigenvalue weighted by molar-refractivity contribution is 5.95. The molecule has 0 heterocycles. The highest BCUT2D eigenvalue weighted by atomic mass is 16.1. The Labute approximate surface area is 166 Å². The van der Waals surface area contributed by atoms with Gasteiger partial charge in [-0.2, -0.15) is 0 Å². The van der Waals surface area contributed by atoms with E-state index < -0.39 is 5.41 Å². The van der Waals surface area contributed by atoms with Crippen molar-refractivity contribution in [3.05, 3.63) is 48.0 Å². The molecule has 148 valence electrons. The molecule has 4 N–H and O–H groups in total. The van der Waals surface area contributed by atoms with Crippen LogP contribution < -0.4 is 11.5 Å². The molecule has 0 aromatic heterocycles. The SMILES string of the molecule is NC(=O)C1(c2cccc3ccccc23)CCC(C2(C(N)=O)CCCCC2)CC1. The van der Waals surface area contributed by atoms with Crippen molar-refractivity contribution in [3.8, 4) is 0 Å². The number of hydrogen-bond acceptors (Lipinski definition) is 2. The minimum atomic E-state index is -0.662. The van der Waals surface area contributed by atoms with E-state index in [1.54, 1.807) is 0 Å². The van der Waals surface area contributed by atoms with Gasteiger partial charge in [-0.15, -0.1) is 0 Å². The number of rotatable bonds is 4. The molecule has 2 amide bonds. The van der Waals surface area contributed by atoms with Gasteiger partial charge in [0.25, 0.3) is 0 Å². The van der Waals surface area contributed by atoms with E-state index in [2.05, 4.69) is 24.3 Å². The Morgan fingerprint density at radius 1 is 0.786 bits per heavy atom. The van der Waals surface area contributed by atoms with Crippen molar-refractivity contribution in [2.45, 2.75) is 63.2 Å². The molecule has 4 heteroatoms. The zero-order chi connectivity index (χ0) is 19.8. The molecule has 0 spiro atoms. The summed E-state index contributed by atoms with van der Waals surface area (Å²) in [5.74, 6) is -0.138. The van der Waals surface area contributed by atoms with Crippen LogP contribution in [0.5, 0.6) is 0 Å². The molecule has 2 saturated carbocycles. The number of hydrogen-bond donors (Lipinski definition) is 2. The Morgan fingerprint density at radius 2 is 1.43 bits per heavy atom. The number of carbonyl (C=O) groups excluding carboxylic acids is 2. The monoisotopic (exact) mass is 378 g/mol. The van der Waals surface area contributed by atoms with E-state index in [1.165, 1.54) is 6.42 Å². The van der Waals surface area contributed by atoms with Gasteiger partial charge in [0.15, 0.2) is 0 Å². The summed E-state index contributed by atoms with van der Waals surface area (Å²) < 4.78 is 0. The maximum atomic E-state index is 12.7. The van der Waals surface area contributed by atoms with Crippen molar-refractivity contribution >= 4 is 22.6 Å². The van der Waals surface area contributed by atoms with Gasteiger partial charge in [0.05, 0.1) is 10.8 Å². The Bertz CT molecular complexity index is 885.